The Labute approximate surface area is 182 Å². The third-order valence-corrected chi connectivity index (χ3v) is 6.43. The zero-order valence-corrected chi connectivity index (χ0v) is 18.9. The topological polar surface area (TPSA) is 55.0 Å². The van der Waals surface area contributed by atoms with E-state index < -0.39 is 0 Å². The van der Waals surface area contributed by atoms with E-state index in [2.05, 4.69) is 15.9 Å². The fourth-order valence-electron chi connectivity index (χ4n) is 3.35. The number of aliphatic imine (C=N–C) groups is 1. The molecule has 1 amide bonds. The minimum atomic E-state index is -0.160. The average Bonchev–Trinajstić information content (AvgIpc) is 3.04. The number of carbonyl (C=O) groups is 1. The molecule has 2 aromatic carbocycles. The van der Waals surface area contributed by atoms with Gasteiger partial charge in [0, 0.05) is 27.7 Å². The number of ether oxygens (including phenoxy) is 1. The number of thioether (sulfide) groups is 1. The molecule has 4 rings (SSSR count). The van der Waals surface area contributed by atoms with Crippen LogP contribution in [0.4, 0.5) is 5.69 Å². The molecule has 5 nitrogen and oxygen atoms in total. The normalized spacial score (nSPS) is 15.9. The summed E-state index contributed by atoms with van der Waals surface area (Å²) in [5, 5.41) is 1.61. The molecule has 1 aliphatic heterocycles. The summed E-state index contributed by atoms with van der Waals surface area (Å²) in [7, 11) is 1.63. The summed E-state index contributed by atoms with van der Waals surface area (Å²) < 4.78 is 12.3. The Bertz CT molecular complexity index is 1120. The smallest absolute Gasteiger partial charge is 0.295 e. The Balaban J connectivity index is 1.74. The zero-order valence-electron chi connectivity index (χ0n) is 16.5. The molecule has 0 radical (unpaired) electrons. The number of halogens is 1. The third-order valence-electron chi connectivity index (χ3n) is 4.88. The van der Waals surface area contributed by atoms with Crippen molar-refractivity contribution in [3.8, 4) is 5.75 Å². The second kappa shape index (κ2) is 8.24. The summed E-state index contributed by atoms with van der Waals surface area (Å²) in [6.07, 6.45) is 0.908. The number of nitrogens with zero attached hydrogens (tertiary/aromatic N) is 2. The summed E-state index contributed by atoms with van der Waals surface area (Å²) in [6.45, 7) is 4.54. The van der Waals surface area contributed by atoms with Crippen LogP contribution in [0.15, 0.2) is 50.3 Å². The van der Waals surface area contributed by atoms with E-state index in [0.717, 1.165) is 38.8 Å². The molecule has 0 N–H and O–H groups in total. The summed E-state index contributed by atoms with van der Waals surface area (Å²) in [4.78, 5) is 19.9. The van der Waals surface area contributed by atoms with Gasteiger partial charge in [-0.15, -0.1) is 0 Å². The van der Waals surface area contributed by atoms with Crippen molar-refractivity contribution in [3.63, 3.8) is 0 Å². The zero-order chi connectivity index (χ0) is 20.5. The third kappa shape index (κ3) is 3.94. The highest BCUT2D eigenvalue weighted by molar-refractivity contribution is 9.10. The van der Waals surface area contributed by atoms with Crippen LogP contribution in [0, 0.1) is 13.8 Å². The van der Waals surface area contributed by atoms with Gasteiger partial charge in [-0.3, -0.25) is 9.69 Å². The van der Waals surface area contributed by atoms with Crippen LogP contribution in [0.25, 0.3) is 11.0 Å². The minimum absolute atomic E-state index is 0.160. The van der Waals surface area contributed by atoms with Crippen LogP contribution in [-0.4, -0.2) is 35.4 Å². The van der Waals surface area contributed by atoms with E-state index in [1.165, 1.54) is 0 Å². The quantitative estimate of drug-likeness (QED) is 0.462. The van der Waals surface area contributed by atoms with E-state index in [0.29, 0.717) is 28.8 Å². The Morgan fingerprint density at radius 3 is 2.86 bits per heavy atom. The first-order valence-electron chi connectivity index (χ1n) is 9.34. The molecule has 0 spiro atoms. The monoisotopic (exact) mass is 472 g/mol. The minimum Gasteiger partial charge on any atom is -0.494 e. The maximum absolute atomic E-state index is 13.4. The van der Waals surface area contributed by atoms with Gasteiger partial charge in [0.15, 0.2) is 10.9 Å². The Kier molecular flexibility index (Phi) is 5.69. The highest BCUT2D eigenvalue weighted by Crippen LogP contribution is 2.33. The van der Waals surface area contributed by atoms with E-state index in [4.69, 9.17) is 14.1 Å². The number of hydrogen-bond donors (Lipinski definition) is 0. The molecule has 1 saturated heterocycles. The predicted octanol–water partition coefficient (Wildman–Crippen LogP) is 6.09. The lowest BCUT2D eigenvalue weighted by atomic mass is 10.1. The van der Waals surface area contributed by atoms with Crippen molar-refractivity contribution < 1.29 is 13.9 Å². The number of amides is 1. The van der Waals surface area contributed by atoms with E-state index in [-0.39, 0.29) is 5.91 Å². The van der Waals surface area contributed by atoms with E-state index in [1.54, 1.807) is 23.8 Å². The van der Waals surface area contributed by atoms with Gasteiger partial charge in [-0.2, -0.15) is 0 Å². The van der Waals surface area contributed by atoms with Crippen LogP contribution in [0.3, 0.4) is 0 Å². The van der Waals surface area contributed by atoms with E-state index >= 15 is 0 Å². The number of hydrogen-bond acceptors (Lipinski definition) is 5. The van der Waals surface area contributed by atoms with Crippen LogP contribution in [0.5, 0.6) is 5.75 Å². The lowest BCUT2D eigenvalue weighted by molar-refractivity contribution is 0.0820. The van der Waals surface area contributed by atoms with Crippen LogP contribution in [-0.2, 0) is 0 Å². The van der Waals surface area contributed by atoms with Gasteiger partial charge in [0.1, 0.15) is 17.0 Å². The molecule has 29 heavy (non-hydrogen) atoms. The molecular weight excluding hydrogens is 452 g/mol. The largest absolute Gasteiger partial charge is 0.494 e. The number of amidine groups is 1. The van der Waals surface area contributed by atoms with Crippen molar-refractivity contribution in [1.29, 1.82) is 0 Å². The number of aryl methyl sites for hydroxylation is 2. The standard InChI is InChI=1S/C22H21BrN2O3S/c1-13-5-7-19(27-3)17(11-13)24-22-25(9-4-10-29-22)21(26)20-14(2)16-12-15(23)6-8-18(16)28-20/h5-8,11-12H,4,9-10H2,1-3H3. The highest BCUT2D eigenvalue weighted by Gasteiger charge is 2.29. The summed E-state index contributed by atoms with van der Waals surface area (Å²) in [5.74, 6) is 1.81. The Morgan fingerprint density at radius 1 is 1.24 bits per heavy atom. The van der Waals surface area contributed by atoms with E-state index in [1.807, 2.05) is 50.2 Å². The fraction of sp³-hybridized carbons (Fsp3) is 0.273. The fourth-order valence-corrected chi connectivity index (χ4v) is 4.66. The molecule has 0 unspecified atom stereocenters. The van der Waals surface area contributed by atoms with Crippen molar-refractivity contribution in [2.24, 2.45) is 4.99 Å². The molecular formula is C22H21BrN2O3S. The van der Waals surface area contributed by atoms with Gasteiger partial charge in [0.05, 0.1) is 7.11 Å². The first kappa shape index (κ1) is 20.0. The van der Waals surface area contributed by atoms with Gasteiger partial charge in [0.25, 0.3) is 5.91 Å². The summed E-state index contributed by atoms with van der Waals surface area (Å²) in [6, 6.07) is 11.6. The molecule has 0 aliphatic carbocycles. The number of methoxy groups -OCH3 is 1. The molecule has 1 aliphatic rings. The van der Waals surface area contributed by atoms with Crippen molar-refractivity contribution in [3.05, 3.63) is 57.8 Å². The molecule has 3 aromatic rings. The number of benzene rings is 2. The second-order valence-corrected chi connectivity index (χ2v) is 8.90. The number of furan rings is 1. The number of rotatable bonds is 3. The first-order chi connectivity index (χ1) is 14.0. The van der Waals surface area contributed by atoms with Gasteiger partial charge in [-0.1, -0.05) is 33.8 Å². The molecule has 0 bridgehead atoms. The lowest BCUT2D eigenvalue weighted by Gasteiger charge is -2.27. The van der Waals surface area contributed by atoms with Gasteiger partial charge >= 0.3 is 0 Å². The maximum Gasteiger partial charge on any atom is 0.295 e. The van der Waals surface area contributed by atoms with Crippen LogP contribution < -0.4 is 4.74 Å². The second-order valence-electron chi connectivity index (χ2n) is 6.93. The average molecular weight is 473 g/mol. The molecule has 0 atom stereocenters. The predicted molar refractivity (Wildman–Crippen MR) is 122 cm³/mol. The van der Waals surface area contributed by atoms with Crippen molar-refractivity contribution in [2.75, 3.05) is 19.4 Å². The lowest BCUT2D eigenvalue weighted by Crippen LogP contribution is -2.39. The SMILES string of the molecule is COc1ccc(C)cc1N=C1SCCCN1C(=O)c1oc2ccc(Br)cc2c1C. The first-order valence-corrected chi connectivity index (χ1v) is 11.1. The van der Waals surface area contributed by atoms with Crippen molar-refractivity contribution in [1.82, 2.24) is 4.90 Å². The Morgan fingerprint density at radius 2 is 2.07 bits per heavy atom. The van der Waals surface area contributed by atoms with E-state index in [9.17, 15) is 4.79 Å². The van der Waals surface area contributed by atoms with Crippen molar-refractivity contribution in [2.45, 2.75) is 20.3 Å². The van der Waals surface area contributed by atoms with Gasteiger partial charge in [0.2, 0.25) is 0 Å². The maximum atomic E-state index is 13.4. The van der Waals surface area contributed by atoms with Crippen LogP contribution in [0.1, 0.15) is 28.1 Å². The Hall–Kier alpha value is -2.25. The van der Waals surface area contributed by atoms with Crippen LogP contribution in [0.2, 0.25) is 0 Å². The molecule has 7 heteroatoms. The van der Waals surface area contributed by atoms with Gasteiger partial charge in [-0.05, 0) is 56.2 Å². The molecule has 2 heterocycles. The molecule has 150 valence electrons. The molecule has 1 fully saturated rings. The summed E-state index contributed by atoms with van der Waals surface area (Å²) >= 11 is 5.06. The van der Waals surface area contributed by atoms with Crippen molar-refractivity contribution >= 4 is 55.4 Å². The summed E-state index contributed by atoms with van der Waals surface area (Å²) in [5.41, 5.74) is 3.36. The molecule has 1 aromatic heterocycles. The van der Waals surface area contributed by atoms with Crippen LogP contribution >= 0.6 is 27.7 Å². The number of fused-ring (bicyclic) bond motifs is 1. The number of carbonyl (C=O) groups excluding carboxylic acids is 1. The van der Waals surface area contributed by atoms with Gasteiger partial charge in [-0.25, -0.2) is 4.99 Å². The van der Waals surface area contributed by atoms with Gasteiger partial charge < -0.3 is 9.15 Å². The molecule has 0 saturated carbocycles. The highest BCUT2D eigenvalue weighted by atomic mass is 79.9.